The molecular weight excluding hydrogens is 394 g/mol. The lowest BCUT2D eigenvalue weighted by Gasteiger charge is -2.30. The number of carbonyl (C=O) groups is 2. The normalized spacial score (nSPS) is 15.4. The van der Waals surface area contributed by atoms with Crippen molar-refractivity contribution in [2.24, 2.45) is 5.92 Å². The van der Waals surface area contributed by atoms with Gasteiger partial charge in [0.1, 0.15) is 11.6 Å². The molecule has 31 heavy (non-hydrogen) atoms. The molecule has 2 aliphatic rings. The Bertz CT molecular complexity index is 1080. The van der Waals surface area contributed by atoms with Crippen LogP contribution in [0, 0.1) is 5.92 Å². The van der Waals surface area contributed by atoms with Crippen LogP contribution in [-0.2, 0) is 17.9 Å². The predicted octanol–water partition coefficient (Wildman–Crippen LogP) is 3.08. The number of hydrogen-bond donors (Lipinski definition) is 1. The number of aromatic nitrogens is 2. The third kappa shape index (κ3) is 4.28. The van der Waals surface area contributed by atoms with E-state index in [1.54, 1.807) is 40.6 Å². The lowest BCUT2D eigenvalue weighted by atomic mass is 10.1. The van der Waals surface area contributed by atoms with Crippen molar-refractivity contribution in [1.82, 2.24) is 14.9 Å². The van der Waals surface area contributed by atoms with E-state index in [9.17, 15) is 9.59 Å². The molecular formula is C23H23N5O3. The largest absolute Gasteiger partial charge is 0.467 e. The Morgan fingerprint density at radius 2 is 2.10 bits per heavy atom. The summed E-state index contributed by atoms with van der Waals surface area (Å²) in [6, 6.07) is 11.0. The van der Waals surface area contributed by atoms with Crippen molar-refractivity contribution in [2.45, 2.75) is 25.9 Å². The zero-order valence-electron chi connectivity index (χ0n) is 17.0. The summed E-state index contributed by atoms with van der Waals surface area (Å²) in [6.07, 6.45) is 7.14. The minimum Gasteiger partial charge on any atom is -0.467 e. The molecule has 0 radical (unpaired) electrons. The zero-order chi connectivity index (χ0) is 21.2. The van der Waals surface area contributed by atoms with Gasteiger partial charge in [-0.15, -0.1) is 0 Å². The van der Waals surface area contributed by atoms with Gasteiger partial charge in [0.15, 0.2) is 0 Å². The predicted molar refractivity (Wildman–Crippen MR) is 114 cm³/mol. The highest BCUT2D eigenvalue weighted by molar-refractivity contribution is 6.04. The van der Waals surface area contributed by atoms with Gasteiger partial charge in [-0.25, -0.2) is 4.98 Å². The number of fused-ring (bicyclic) bond motifs is 1. The van der Waals surface area contributed by atoms with Crippen molar-refractivity contribution in [3.05, 3.63) is 72.1 Å². The number of pyridine rings is 2. The van der Waals surface area contributed by atoms with Crippen molar-refractivity contribution in [3.63, 3.8) is 0 Å². The summed E-state index contributed by atoms with van der Waals surface area (Å²) in [7, 11) is 0. The molecule has 8 nitrogen and oxygen atoms in total. The molecule has 3 aromatic heterocycles. The summed E-state index contributed by atoms with van der Waals surface area (Å²) in [6.45, 7) is 1.55. The average molecular weight is 417 g/mol. The maximum absolute atomic E-state index is 13.5. The van der Waals surface area contributed by atoms with E-state index in [0.29, 0.717) is 48.4 Å². The average Bonchev–Trinajstić information content (AvgIpc) is 3.47. The van der Waals surface area contributed by atoms with E-state index in [1.165, 1.54) is 0 Å². The van der Waals surface area contributed by atoms with Crippen molar-refractivity contribution in [3.8, 4) is 0 Å². The smallest absolute Gasteiger partial charge is 0.256 e. The maximum Gasteiger partial charge on any atom is 0.256 e. The molecule has 4 heterocycles. The first-order valence-corrected chi connectivity index (χ1v) is 10.4. The number of carbonyl (C=O) groups excluding carboxylic acids is 2. The molecule has 0 unspecified atom stereocenters. The number of nitrogens with zero attached hydrogens (tertiary/aromatic N) is 4. The molecule has 0 atom stereocenters. The van der Waals surface area contributed by atoms with Crippen LogP contribution in [-0.4, -0.2) is 39.8 Å². The molecule has 5 rings (SSSR count). The van der Waals surface area contributed by atoms with Gasteiger partial charge in [-0.05, 0) is 49.1 Å². The third-order valence-electron chi connectivity index (χ3n) is 5.54. The monoisotopic (exact) mass is 417 g/mol. The third-order valence-corrected chi connectivity index (χ3v) is 5.54. The Morgan fingerprint density at radius 3 is 2.84 bits per heavy atom. The minimum atomic E-state index is -0.193. The quantitative estimate of drug-likeness (QED) is 0.635. The second kappa shape index (κ2) is 8.22. The van der Waals surface area contributed by atoms with E-state index in [0.717, 1.165) is 18.5 Å². The van der Waals surface area contributed by atoms with Crippen LogP contribution in [0.5, 0.6) is 0 Å². The standard InChI is InChI=1S/C23H23N5O3/c29-21-12-26-22-20(28(21)13-16-6-7-16)10-17(11-25-22)23(30)27(15-19-5-3-9-31-19)14-18-4-1-2-8-24-18/h1-5,8-11,16H,6-7,12-15H2,(H,25,26). The maximum atomic E-state index is 13.5. The molecule has 1 aliphatic heterocycles. The fraction of sp³-hybridized carbons (Fsp3) is 0.304. The Balaban J connectivity index is 1.44. The molecule has 3 aromatic rings. The number of hydrogen-bond acceptors (Lipinski definition) is 6. The van der Waals surface area contributed by atoms with Crippen LogP contribution in [0.3, 0.4) is 0 Å². The van der Waals surface area contributed by atoms with Crippen molar-refractivity contribution in [2.75, 3.05) is 23.3 Å². The number of anilines is 2. The van der Waals surface area contributed by atoms with Crippen molar-refractivity contribution in [1.29, 1.82) is 0 Å². The van der Waals surface area contributed by atoms with Gasteiger partial charge in [0, 0.05) is 18.9 Å². The van der Waals surface area contributed by atoms with Crippen LogP contribution >= 0.6 is 0 Å². The van der Waals surface area contributed by atoms with Gasteiger partial charge in [-0.2, -0.15) is 0 Å². The highest BCUT2D eigenvalue weighted by Crippen LogP contribution is 2.35. The summed E-state index contributed by atoms with van der Waals surface area (Å²) in [5, 5.41) is 3.06. The fourth-order valence-electron chi connectivity index (χ4n) is 3.72. The summed E-state index contributed by atoms with van der Waals surface area (Å²) in [5.74, 6) is 1.67. The molecule has 2 amide bonds. The molecule has 0 aromatic carbocycles. The molecule has 1 saturated carbocycles. The van der Waals surface area contributed by atoms with E-state index in [2.05, 4.69) is 15.3 Å². The summed E-state index contributed by atoms with van der Waals surface area (Å²) in [4.78, 5) is 38.2. The van der Waals surface area contributed by atoms with Crippen molar-refractivity contribution >= 4 is 23.3 Å². The van der Waals surface area contributed by atoms with Gasteiger partial charge in [0.2, 0.25) is 5.91 Å². The van der Waals surface area contributed by atoms with E-state index in [4.69, 9.17) is 4.42 Å². The molecule has 158 valence electrons. The van der Waals surface area contributed by atoms with Gasteiger partial charge in [-0.1, -0.05) is 6.07 Å². The first-order chi connectivity index (χ1) is 15.2. The summed E-state index contributed by atoms with van der Waals surface area (Å²) >= 11 is 0. The van der Waals surface area contributed by atoms with E-state index < -0.39 is 0 Å². The Hall–Kier alpha value is -3.68. The second-order valence-electron chi connectivity index (χ2n) is 7.95. The molecule has 1 N–H and O–H groups in total. The summed E-state index contributed by atoms with van der Waals surface area (Å²) in [5.41, 5.74) is 1.88. The van der Waals surface area contributed by atoms with E-state index >= 15 is 0 Å². The van der Waals surface area contributed by atoms with Crippen molar-refractivity contribution < 1.29 is 14.0 Å². The Labute approximate surface area is 179 Å². The topological polar surface area (TPSA) is 91.6 Å². The first kappa shape index (κ1) is 19.3. The zero-order valence-corrected chi connectivity index (χ0v) is 17.0. The minimum absolute atomic E-state index is 0.00623. The highest BCUT2D eigenvalue weighted by atomic mass is 16.3. The Morgan fingerprint density at radius 1 is 1.19 bits per heavy atom. The first-order valence-electron chi connectivity index (χ1n) is 10.4. The molecule has 0 spiro atoms. The molecule has 1 fully saturated rings. The lowest BCUT2D eigenvalue weighted by Crippen LogP contribution is -2.41. The van der Waals surface area contributed by atoms with E-state index in [1.807, 2.05) is 24.3 Å². The van der Waals surface area contributed by atoms with Crippen LogP contribution in [0.25, 0.3) is 0 Å². The number of nitrogens with one attached hydrogen (secondary N) is 1. The van der Waals surface area contributed by atoms with Gasteiger partial charge in [0.25, 0.3) is 5.91 Å². The second-order valence-corrected chi connectivity index (χ2v) is 7.95. The van der Waals surface area contributed by atoms with Gasteiger partial charge in [0.05, 0.1) is 42.8 Å². The van der Waals surface area contributed by atoms with E-state index in [-0.39, 0.29) is 18.4 Å². The highest BCUT2D eigenvalue weighted by Gasteiger charge is 2.32. The Kier molecular flexibility index (Phi) is 5.11. The molecule has 1 aliphatic carbocycles. The molecule has 8 heteroatoms. The van der Waals surface area contributed by atoms with Crippen LogP contribution < -0.4 is 10.2 Å². The lowest BCUT2D eigenvalue weighted by molar-refractivity contribution is -0.117. The van der Waals surface area contributed by atoms with Crippen LogP contribution in [0.15, 0.2) is 59.5 Å². The number of amides is 2. The summed E-state index contributed by atoms with van der Waals surface area (Å²) < 4.78 is 5.47. The van der Waals surface area contributed by atoms with Crippen LogP contribution in [0.2, 0.25) is 0 Å². The van der Waals surface area contributed by atoms with Crippen LogP contribution in [0.1, 0.15) is 34.7 Å². The van der Waals surface area contributed by atoms with Gasteiger partial charge in [-0.3, -0.25) is 14.6 Å². The van der Waals surface area contributed by atoms with Gasteiger partial charge >= 0.3 is 0 Å². The number of rotatable bonds is 7. The van der Waals surface area contributed by atoms with Crippen LogP contribution in [0.4, 0.5) is 11.5 Å². The van der Waals surface area contributed by atoms with Gasteiger partial charge < -0.3 is 19.5 Å². The molecule has 0 bridgehead atoms. The SMILES string of the molecule is O=C(c1cnc2c(c1)N(CC1CC1)C(=O)CN2)N(Cc1ccccn1)Cc1ccco1. The fourth-order valence-corrected chi connectivity index (χ4v) is 3.72. The molecule has 0 saturated heterocycles. The number of furan rings is 1.